The second kappa shape index (κ2) is 7.06. The number of halogens is 3. The lowest BCUT2D eigenvalue weighted by atomic mass is 10.0. The molecule has 2 aromatic rings. The zero-order valence-electron chi connectivity index (χ0n) is 15.2. The Kier molecular flexibility index (Phi) is 4.72. The Hall–Kier alpha value is -2.65. The largest absolute Gasteiger partial charge is 0.433 e. The van der Waals surface area contributed by atoms with Crippen LogP contribution in [0.3, 0.4) is 0 Å². The number of likely N-dealkylation sites (tertiary alicyclic amines) is 1. The van der Waals surface area contributed by atoms with Gasteiger partial charge in [0.1, 0.15) is 17.6 Å². The minimum Gasteiger partial charge on any atom is -0.341 e. The van der Waals surface area contributed by atoms with Crippen LogP contribution in [0.5, 0.6) is 0 Å². The first kappa shape index (κ1) is 18.7. The van der Waals surface area contributed by atoms with Gasteiger partial charge in [-0.2, -0.15) is 18.3 Å². The van der Waals surface area contributed by atoms with Gasteiger partial charge in [-0.15, -0.1) is 0 Å². The van der Waals surface area contributed by atoms with Crippen LogP contribution in [0, 0.1) is 0 Å². The van der Waals surface area contributed by atoms with Crippen LogP contribution in [-0.2, 0) is 23.9 Å². The number of aryl methyl sites for hydroxylation is 1. The topological polar surface area (TPSA) is 73.0 Å². The quantitative estimate of drug-likeness (QED) is 0.797. The highest BCUT2D eigenvalue weighted by Crippen LogP contribution is 2.28. The first-order valence-electron chi connectivity index (χ1n) is 9.34. The molecule has 2 aliphatic rings. The number of hydrogen-bond donors (Lipinski definition) is 0. The van der Waals surface area contributed by atoms with Gasteiger partial charge in [-0.05, 0) is 37.3 Å². The molecule has 0 saturated carbocycles. The van der Waals surface area contributed by atoms with Crippen LogP contribution in [0.15, 0.2) is 23.1 Å². The summed E-state index contributed by atoms with van der Waals surface area (Å²) in [5, 5.41) is 4.32. The smallest absolute Gasteiger partial charge is 0.341 e. The van der Waals surface area contributed by atoms with Gasteiger partial charge >= 0.3 is 11.9 Å². The van der Waals surface area contributed by atoms with Gasteiger partial charge in [0.25, 0.3) is 0 Å². The van der Waals surface area contributed by atoms with Crippen LogP contribution in [0.25, 0.3) is 0 Å². The third-order valence-electron chi connectivity index (χ3n) is 5.28. The minimum atomic E-state index is -4.51. The van der Waals surface area contributed by atoms with Gasteiger partial charge in [-0.25, -0.2) is 9.48 Å². The molecule has 1 unspecified atom stereocenters. The second-order valence-corrected chi connectivity index (χ2v) is 7.22. The maximum atomic E-state index is 12.9. The zero-order valence-corrected chi connectivity index (χ0v) is 15.2. The van der Waals surface area contributed by atoms with Gasteiger partial charge in [0, 0.05) is 25.7 Å². The van der Waals surface area contributed by atoms with Gasteiger partial charge in [0.05, 0.1) is 6.54 Å². The number of aromatic nitrogens is 4. The van der Waals surface area contributed by atoms with Crippen molar-refractivity contribution >= 4 is 5.91 Å². The number of carbonyl (C=O) groups excluding carboxylic acids is 1. The highest BCUT2D eigenvalue weighted by molar-refractivity contribution is 5.80. The van der Waals surface area contributed by atoms with Crippen molar-refractivity contribution in [2.45, 2.75) is 50.9 Å². The Morgan fingerprint density at radius 1 is 1.18 bits per heavy atom. The maximum absolute atomic E-state index is 12.9. The number of alkyl halides is 3. The van der Waals surface area contributed by atoms with E-state index in [0.29, 0.717) is 37.3 Å². The van der Waals surface area contributed by atoms with Crippen molar-refractivity contribution in [3.63, 3.8) is 0 Å². The number of carbonyl (C=O) groups is 1. The van der Waals surface area contributed by atoms with Crippen molar-refractivity contribution in [1.29, 1.82) is 0 Å². The molecule has 0 N–H and O–H groups in total. The van der Waals surface area contributed by atoms with E-state index in [1.807, 2.05) is 0 Å². The van der Waals surface area contributed by atoms with Crippen molar-refractivity contribution in [3.8, 4) is 0 Å². The average Bonchev–Trinajstić information content (AvgIpc) is 3.30. The highest BCUT2D eigenvalue weighted by atomic mass is 19.4. The third kappa shape index (κ3) is 3.43. The Balaban J connectivity index is 1.59. The summed E-state index contributed by atoms with van der Waals surface area (Å²) < 4.78 is 40.6. The number of rotatable bonds is 3. The van der Waals surface area contributed by atoms with E-state index < -0.39 is 23.6 Å². The molecule has 2 aromatic heterocycles. The van der Waals surface area contributed by atoms with Gasteiger partial charge in [0.2, 0.25) is 5.91 Å². The van der Waals surface area contributed by atoms with Gasteiger partial charge < -0.3 is 4.90 Å². The molecule has 0 radical (unpaired) electrons. The molecule has 1 fully saturated rings. The van der Waals surface area contributed by atoms with Gasteiger partial charge in [-0.3, -0.25) is 14.3 Å². The number of nitrogens with zero attached hydrogens (tertiary/aromatic N) is 5. The summed E-state index contributed by atoms with van der Waals surface area (Å²) in [6.45, 7) is 1.43. The summed E-state index contributed by atoms with van der Waals surface area (Å²) in [7, 11) is 0. The van der Waals surface area contributed by atoms with Crippen LogP contribution in [-0.4, -0.2) is 43.2 Å². The molecular weight excluding hydrogens is 375 g/mol. The Morgan fingerprint density at radius 2 is 1.93 bits per heavy atom. The summed E-state index contributed by atoms with van der Waals surface area (Å²) in [6, 6.07) is 1.62. The lowest BCUT2D eigenvalue weighted by molar-refractivity contribution is -0.141. The highest BCUT2D eigenvalue weighted by Gasteiger charge is 2.34. The van der Waals surface area contributed by atoms with Crippen LogP contribution in [0.1, 0.15) is 48.8 Å². The Morgan fingerprint density at radius 3 is 2.57 bits per heavy atom. The van der Waals surface area contributed by atoms with E-state index in [2.05, 4.69) is 10.1 Å². The maximum Gasteiger partial charge on any atom is 0.433 e. The summed E-state index contributed by atoms with van der Waals surface area (Å²) in [4.78, 5) is 30.9. The number of pyridine rings is 1. The Bertz CT molecular complexity index is 926. The van der Waals surface area contributed by atoms with Crippen molar-refractivity contribution in [2.24, 2.45) is 0 Å². The average molecular weight is 395 g/mol. The van der Waals surface area contributed by atoms with Crippen LogP contribution >= 0.6 is 0 Å². The van der Waals surface area contributed by atoms with Gasteiger partial charge in [-0.1, -0.05) is 6.07 Å². The number of fused-ring (bicyclic) bond motifs is 1. The van der Waals surface area contributed by atoms with E-state index in [9.17, 15) is 22.8 Å². The predicted octanol–water partition coefficient (Wildman–Crippen LogP) is 2.01. The predicted molar refractivity (Wildman–Crippen MR) is 92.6 cm³/mol. The minimum absolute atomic E-state index is 0.00853. The molecule has 0 aromatic carbocycles. The number of hydrogen-bond acceptors (Lipinski definition) is 4. The first-order chi connectivity index (χ1) is 13.3. The summed E-state index contributed by atoms with van der Waals surface area (Å²) >= 11 is 0. The lowest BCUT2D eigenvalue weighted by Crippen LogP contribution is -2.41. The normalized spacial score (nSPS) is 19.7. The van der Waals surface area contributed by atoms with Crippen molar-refractivity contribution in [1.82, 2.24) is 24.2 Å². The van der Waals surface area contributed by atoms with E-state index in [0.717, 1.165) is 31.5 Å². The van der Waals surface area contributed by atoms with Gasteiger partial charge in [0.15, 0.2) is 0 Å². The molecule has 1 saturated heterocycles. The SMILES string of the molecule is O=C(C1CCCc2nn(Cc3ccc(C(F)(F)F)nc3)c(=O)n21)N1CCCC1. The van der Waals surface area contributed by atoms with E-state index in [4.69, 9.17) is 0 Å². The fourth-order valence-electron chi connectivity index (χ4n) is 3.88. The molecule has 2 aliphatic heterocycles. The van der Waals surface area contributed by atoms with E-state index in [1.54, 1.807) is 4.90 Å². The van der Waals surface area contributed by atoms with Crippen molar-refractivity contribution in [2.75, 3.05) is 13.1 Å². The molecule has 0 bridgehead atoms. The standard InChI is InChI=1S/C18H20F3N5O2/c19-18(20,21)14-7-6-12(10-22-14)11-25-17(28)26-13(4-3-5-15(26)23-25)16(27)24-8-1-2-9-24/h6-7,10,13H,1-5,8-9,11H2. The van der Waals surface area contributed by atoms with Crippen molar-refractivity contribution in [3.05, 3.63) is 45.9 Å². The van der Waals surface area contributed by atoms with Crippen LogP contribution in [0.2, 0.25) is 0 Å². The molecule has 1 amide bonds. The molecular formula is C18H20F3N5O2. The van der Waals surface area contributed by atoms with E-state index in [1.165, 1.54) is 15.3 Å². The zero-order chi connectivity index (χ0) is 19.9. The van der Waals surface area contributed by atoms with E-state index >= 15 is 0 Å². The molecule has 7 nitrogen and oxygen atoms in total. The molecule has 4 rings (SSSR count). The van der Waals surface area contributed by atoms with E-state index in [-0.39, 0.29) is 12.5 Å². The summed E-state index contributed by atoms with van der Waals surface area (Å²) in [6.07, 6.45) is 0.489. The molecule has 28 heavy (non-hydrogen) atoms. The second-order valence-electron chi connectivity index (χ2n) is 7.22. The van der Waals surface area contributed by atoms with Crippen molar-refractivity contribution < 1.29 is 18.0 Å². The fourth-order valence-corrected chi connectivity index (χ4v) is 3.88. The Labute approximate surface area is 158 Å². The summed E-state index contributed by atoms with van der Waals surface area (Å²) in [5.41, 5.74) is -0.955. The lowest BCUT2D eigenvalue weighted by Gasteiger charge is -2.27. The number of amides is 1. The molecule has 1 atom stereocenters. The molecule has 10 heteroatoms. The monoisotopic (exact) mass is 395 g/mol. The van der Waals surface area contributed by atoms with Crippen LogP contribution in [0.4, 0.5) is 13.2 Å². The fraction of sp³-hybridized carbons (Fsp3) is 0.556. The first-order valence-corrected chi connectivity index (χ1v) is 9.34. The summed E-state index contributed by atoms with van der Waals surface area (Å²) in [5.74, 6) is 0.505. The molecule has 0 aliphatic carbocycles. The van der Waals surface area contributed by atoms with Crippen LogP contribution < -0.4 is 5.69 Å². The third-order valence-corrected chi connectivity index (χ3v) is 5.28. The molecule has 0 spiro atoms. The molecule has 150 valence electrons. The molecule has 4 heterocycles.